The van der Waals surface area contributed by atoms with Crippen LogP contribution in [-0.4, -0.2) is 33.5 Å². The van der Waals surface area contributed by atoms with Crippen LogP contribution >= 0.6 is 0 Å². The highest BCUT2D eigenvalue weighted by molar-refractivity contribution is 5.66. The third-order valence-electron chi connectivity index (χ3n) is 4.83. The van der Waals surface area contributed by atoms with Gasteiger partial charge in [-0.1, -0.05) is 50.5 Å². The first-order valence-electron chi connectivity index (χ1n) is 9.45. The van der Waals surface area contributed by atoms with Crippen LogP contribution in [-0.2, 0) is 4.79 Å². The third-order valence-corrected chi connectivity index (χ3v) is 4.83. The second-order valence-electron chi connectivity index (χ2n) is 6.88. The zero-order valence-electron chi connectivity index (χ0n) is 14.9. The van der Waals surface area contributed by atoms with E-state index in [2.05, 4.69) is 19.1 Å². The number of rotatable bonds is 12. The molecule has 0 aromatic carbocycles. The Bertz CT molecular complexity index is 402. The highest BCUT2D eigenvalue weighted by Crippen LogP contribution is 2.36. The van der Waals surface area contributed by atoms with Gasteiger partial charge in [0.15, 0.2) is 0 Å². The molecule has 0 aromatic heterocycles. The van der Waals surface area contributed by atoms with Gasteiger partial charge in [-0.2, -0.15) is 0 Å². The van der Waals surface area contributed by atoms with Crippen LogP contribution in [0.3, 0.4) is 0 Å². The van der Waals surface area contributed by atoms with Crippen LogP contribution in [0.2, 0.25) is 0 Å². The maximum absolute atomic E-state index is 10.5. The van der Waals surface area contributed by atoms with Crippen LogP contribution in [0.1, 0.15) is 71.1 Å². The van der Waals surface area contributed by atoms with Crippen molar-refractivity contribution in [3.8, 4) is 0 Å². The summed E-state index contributed by atoms with van der Waals surface area (Å²) in [6.07, 6.45) is 16.1. The van der Waals surface area contributed by atoms with E-state index in [0.717, 1.165) is 19.3 Å². The summed E-state index contributed by atoms with van der Waals surface area (Å²) < 4.78 is 0. The van der Waals surface area contributed by atoms with Gasteiger partial charge < -0.3 is 15.3 Å². The Kier molecular flexibility index (Phi) is 10.7. The summed E-state index contributed by atoms with van der Waals surface area (Å²) in [7, 11) is 0. The van der Waals surface area contributed by atoms with Crippen molar-refractivity contribution in [3.05, 3.63) is 24.3 Å². The highest BCUT2D eigenvalue weighted by atomic mass is 16.4. The van der Waals surface area contributed by atoms with Gasteiger partial charge in [0.05, 0.1) is 12.2 Å². The molecular formula is C20H34O4. The van der Waals surface area contributed by atoms with E-state index in [1.165, 1.54) is 25.7 Å². The first-order valence-corrected chi connectivity index (χ1v) is 9.45. The number of aliphatic hydroxyl groups excluding tert-OH is 2. The van der Waals surface area contributed by atoms with E-state index in [1.807, 2.05) is 12.2 Å². The summed E-state index contributed by atoms with van der Waals surface area (Å²) in [4.78, 5) is 10.5. The number of aliphatic hydroxyl groups is 2. The summed E-state index contributed by atoms with van der Waals surface area (Å²) in [6, 6.07) is 0. The molecule has 4 unspecified atom stereocenters. The lowest BCUT2D eigenvalue weighted by atomic mass is 9.89. The van der Waals surface area contributed by atoms with Crippen LogP contribution in [0.4, 0.5) is 0 Å². The number of unbranched alkanes of at least 4 members (excludes halogenated alkanes) is 5. The molecule has 0 amide bonds. The molecule has 4 nitrogen and oxygen atoms in total. The molecule has 0 saturated heterocycles. The van der Waals surface area contributed by atoms with Crippen molar-refractivity contribution in [2.45, 2.75) is 83.3 Å². The van der Waals surface area contributed by atoms with Crippen molar-refractivity contribution in [2.24, 2.45) is 11.8 Å². The van der Waals surface area contributed by atoms with Crippen molar-refractivity contribution in [3.63, 3.8) is 0 Å². The van der Waals surface area contributed by atoms with Crippen molar-refractivity contribution < 1.29 is 20.1 Å². The molecule has 138 valence electrons. The van der Waals surface area contributed by atoms with E-state index in [9.17, 15) is 15.0 Å². The molecule has 24 heavy (non-hydrogen) atoms. The van der Waals surface area contributed by atoms with E-state index in [4.69, 9.17) is 5.11 Å². The smallest absolute Gasteiger partial charge is 0.303 e. The summed E-state index contributed by atoms with van der Waals surface area (Å²) in [5.41, 5.74) is 0. The molecule has 1 aliphatic carbocycles. The van der Waals surface area contributed by atoms with Crippen molar-refractivity contribution in [1.82, 2.24) is 0 Å². The lowest BCUT2D eigenvalue weighted by Crippen LogP contribution is -2.19. The molecule has 0 aromatic rings. The van der Waals surface area contributed by atoms with E-state index in [1.54, 1.807) is 0 Å². The number of carboxylic acid groups (broad SMARTS) is 1. The average Bonchev–Trinajstić information content (AvgIpc) is 2.80. The molecular weight excluding hydrogens is 304 g/mol. The molecule has 4 heteroatoms. The topological polar surface area (TPSA) is 77.8 Å². The Balaban J connectivity index is 2.37. The molecule has 1 saturated carbocycles. The van der Waals surface area contributed by atoms with Gasteiger partial charge in [0.2, 0.25) is 0 Å². The van der Waals surface area contributed by atoms with Gasteiger partial charge in [-0.25, -0.2) is 0 Å². The molecule has 1 aliphatic rings. The molecule has 0 radical (unpaired) electrons. The zero-order valence-corrected chi connectivity index (χ0v) is 14.9. The monoisotopic (exact) mass is 338 g/mol. The Morgan fingerprint density at radius 2 is 1.75 bits per heavy atom. The summed E-state index contributed by atoms with van der Waals surface area (Å²) in [5.74, 6) is -0.681. The molecule has 0 aliphatic heterocycles. The van der Waals surface area contributed by atoms with Crippen molar-refractivity contribution >= 4 is 5.97 Å². The van der Waals surface area contributed by atoms with Crippen molar-refractivity contribution in [2.75, 3.05) is 0 Å². The summed E-state index contributed by atoms with van der Waals surface area (Å²) >= 11 is 0. The van der Waals surface area contributed by atoms with E-state index < -0.39 is 18.2 Å². The molecule has 4 atom stereocenters. The SMILES string of the molecule is CCCCCCC=CC1C(O)CC(O)C1CC=CCCCC(=O)O. The number of hydrogen-bond acceptors (Lipinski definition) is 3. The van der Waals surface area contributed by atoms with E-state index >= 15 is 0 Å². The molecule has 1 fully saturated rings. The van der Waals surface area contributed by atoms with E-state index in [0.29, 0.717) is 12.8 Å². The van der Waals surface area contributed by atoms with Crippen LogP contribution in [0.15, 0.2) is 24.3 Å². The maximum Gasteiger partial charge on any atom is 0.303 e. The van der Waals surface area contributed by atoms with Gasteiger partial charge in [0.25, 0.3) is 0 Å². The summed E-state index contributed by atoms with van der Waals surface area (Å²) in [6.45, 7) is 2.20. The second-order valence-corrected chi connectivity index (χ2v) is 6.88. The van der Waals surface area contributed by atoms with Gasteiger partial charge >= 0.3 is 5.97 Å². The lowest BCUT2D eigenvalue weighted by Gasteiger charge is -2.19. The minimum Gasteiger partial charge on any atom is -0.481 e. The molecule has 0 spiro atoms. The number of carboxylic acids is 1. The van der Waals surface area contributed by atoms with Gasteiger partial charge in [0, 0.05) is 18.8 Å². The third kappa shape index (κ3) is 8.11. The van der Waals surface area contributed by atoms with Crippen LogP contribution < -0.4 is 0 Å². The molecule has 3 N–H and O–H groups in total. The fraction of sp³-hybridized carbons (Fsp3) is 0.750. The maximum atomic E-state index is 10.5. The number of allylic oxidation sites excluding steroid dienone is 3. The Morgan fingerprint density at radius 3 is 2.46 bits per heavy atom. The standard InChI is InChI=1S/C20H34O4/c1-2-3-4-5-6-9-12-16-17(19(22)15-18(16)21)13-10-7-8-11-14-20(23)24/h7,9-10,12,16-19,21-22H,2-6,8,11,13-15H2,1H3,(H,23,24). The molecule has 1 rings (SSSR count). The molecule has 0 heterocycles. The first-order chi connectivity index (χ1) is 11.6. The predicted octanol–water partition coefficient (Wildman–Crippen LogP) is 4.07. The second kappa shape index (κ2) is 12.3. The predicted molar refractivity (Wildman–Crippen MR) is 96.8 cm³/mol. The minimum atomic E-state index is -0.762. The largest absolute Gasteiger partial charge is 0.481 e. The number of carbonyl (C=O) groups is 1. The Morgan fingerprint density at radius 1 is 1.00 bits per heavy atom. The van der Waals surface area contributed by atoms with Crippen LogP contribution in [0.25, 0.3) is 0 Å². The fourth-order valence-corrected chi connectivity index (χ4v) is 3.39. The normalized spacial score (nSPS) is 27.5. The molecule has 0 bridgehead atoms. The van der Waals surface area contributed by atoms with Gasteiger partial charge in [0.1, 0.15) is 0 Å². The lowest BCUT2D eigenvalue weighted by molar-refractivity contribution is -0.137. The quantitative estimate of drug-likeness (QED) is 0.370. The van der Waals surface area contributed by atoms with Gasteiger partial charge in [-0.3, -0.25) is 4.79 Å². The zero-order chi connectivity index (χ0) is 17.8. The van der Waals surface area contributed by atoms with E-state index in [-0.39, 0.29) is 18.3 Å². The van der Waals surface area contributed by atoms with Gasteiger partial charge in [-0.15, -0.1) is 0 Å². The van der Waals surface area contributed by atoms with Gasteiger partial charge in [-0.05, 0) is 38.0 Å². The number of hydrogen-bond donors (Lipinski definition) is 3. The highest BCUT2D eigenvalue weighted by Gasteiger charge is 2.39. The first kappa shape index (κ1) is 20.9. The fourth-order valence-electron chi connectivity index (χ4n) is 3.39. The number of aliphatic carboxylic acids is 1. The average molecular weight is 338 g/mol. The minimum absolute atomic E-state index is 0.0230. The van der Waals surface area contributed by atoms with Crippen LogP contribution in [0, 0.1) is 11.8 Å². The Labute approximate surface area is 146 Å². The summed E-state index contributed by atoms with van der Waals surface area (Å²) in [5, 5.41) is 28.9. The Hall–Kier alpha value is -1.13. The van der Waals surface area contributed by atoms with Crippen LogP contribution in [0.5, 0.6) is 0 Å². The van der Waals surface area contributed by atoms with Crippen molar-refractivity contribution in [1.29, 1.82) is 0 Å².